The fourth-order valence-corrected chi connectivity index (χ4v) is 3.25. The third-order valence-corrected chi connectivity index (χ3v) is 5.11. The van der Waals surface area contributed by atoms with Crippen LogP contribution in [0.1, 0.15) is 25.7 Å². The van der Waals surface area contributed by atoms with E-state index in [0.717, 1.165) is 19.3 Å². The topological polar surface area (TPSA) is 78.5 Å². The van der Waals surface area contributed by atoms with E-state index in [0.29, 0.717) is 29.6 Å². The first-order valence-corrected chi connectivity index (χ1v) is 9.42. The molecule has 23 heavy (non-hydrogen) atoms. The average molecular weight is 335 g/mol. The van der Waals surface area contributed by atoms with Gasteiger partial charge in [0.2, 0.25) is 5.91 Å². The molecule has 1 aromatic rings. The summed E-state index contributed by atoms with van der Waals surface area (Å²) in [6, 6.07) is 6.57. The van der Waals surface area contributed by atoms with Gasteiger partial charge in [-0.05, 0) is 49.9 Å². The summed E-state index contributed by atoms with van der Waals surface area (Å²) in [7, 11) is -1.04. The van der Waals surface area contributed by atoms with Crippen molar-refractivity contribution in [3.8, 4) is 0 Å². The highest BCUT2D eigenvalue weighted by atomic mass is 32.2. The van der Waals surface area contributed by atoms with Crippen LogP contribution in [0, 0.1) is 0 Å². The number of rotatable bonds is 4. The molecule has 2 N–H and O–H groups in total. The Morgan fingerprint density at radius 3 is 2.48 bits per heavy atom. The second-order valence-corrected chi connectivity index (χ2v) is 7.42. The highest BCUT2D eigenvalue weighted by molar-refractivity contribution is 7.84. The number of likely N-dealkylation sites (tertiary alicyclic amines) is 1. The Hall–Kier alpha value is -1.89. The summed E-state index contributed by atoms with van der Waals surface area (Å²) in [5, 5.41) is 5.78. The number of hydrogen-bond acceptors (Lipinski definition) is 3. The zero-order valence-electron chi connectivity index (χ0n) is 13.1. The minimum atomic E-state index is -1.04. The van der Waals surface area contributed by atoms with Crippen molar-refractivity contribution >= 4 is 28.4 Å². The van der Waals surface area contributed by atoms with Crippen molar-refractivity contribution in [3.05, 3.63) is 24.3 Å². The van der Waals surface area contributed by atoms with Crippen molar-refractivity contribution in [2.24, 2.45) is 0 Å². The molecule has 0 bridgehead atoms. The number of amides is 3. The number of benzene rings is 1. The van der Waals surface area contributed by atoms with Gasteiger partial charge in [-0.2, -0.15) is 0 Å². The Balaban J connectivity index is 1.61. The fraction of sp³-hybridized carbons (Fsp3) is 0.500. The Morgan fingerprint density at radius 2 is 1.87 bits per heavy atom. The van der Waals surface area contributed by atoms with Crippen LogP contribution >= 0.6 is 0 Å². The molecule has 0 spiro atoms. The van der Waals surface area contributed by atoms with Crippen molar-refractivity contribution in [2.45, 2.75) is 42.7 Å². The predicted molar refractivity (Wildman–Crippen MR) is 88.7 cm³/mol. The van der Waals surface area contributed by atoms with Crippen molar-refractivity contribution in [3.63, 3.8) is 0 Å². The maximum absolute atomic E-state index is 12.4. The molecule has 0 aromatic heterocycles. The van der Waals surface area contributed by atoms with Gasteiger partial charge in [-0.1, -0.05) is 0 Å². The molecule has 6 nitrogen and oxygen atoms in total. The first-order chi connectivity index (χ1) is 11.0. The number of carbonyl (C=O) groups is 2. The molecule has 1 aliphatic heterocycles. The smallest absolute Gasteiger partial charge is 0.322 e. The van der Waals surface area contributed by atoms with Gasteiger partial charge in [-0.15, -0.1) is 0 Å². The van der Waals surface area contributed by atoms with E-state index in [4.69, 9.17) is 0 Å². The van der Waals surface area contributed by atoms with E-state index in [1.54, 1.807) is 35.4 Å². The molecule has 1 aliphatic carbocycles. The van der Waals surface area contributed by atoms with Gasteiger partial charge in [-0.25, -0.2) is 4.79 Å². The monoisotopic (exact) mass is 335 g/mol. The third kappa shape index (κ3) is 3.90. The lowest BCUT2D eigenvalue weighted by Crippen LogP contribution is -2.47. The van der Waals surface area contributed by atoms with Gasteiger partial charge < -0.3 is 15.5 Å². The molecule has 2 atom stereocenters. The molecule has 0 radical (unpaired) electrons. The largest absolute Gasteiger partial charge is 0.352 e. The molecule has 3 amide bonds. The molecule has 3 rings (SSSR count). The van der Waals surface area contributed by atoms with E-state index < -0.39 is 10.8 Å². The fourth-order valence-electron chi connectivity index (χ4n) is 2.73. The highest BCUT2D eigenvalue weighted by Gasteiger charge is 2.36. The molecule has 1 aromatic carbocycles. The lowest BCUT2D eigenvalue weighted by Gasteiger charge is -2.24. The van der Waals surface area contributed by atoms with Crippen molar-refractivity contribution in [1.29, 1.82) is 0 Å². The van der Waals surface area contributed by atoms with Gasteiger partial charge in [-0.3, -0.25) is 9.00 Å². The van der Waals surface area contributed by atoms with Crippen LogP contribution in [0.2, 0.25) is 0 Å². The Bertz CT molecular complexity index is 628. The summed E-state index contributed by atoms with van der Waals surface area (Å²) in [5.74, 6) is -0.0446. The highest BCUT2D eigenvalue weighted by Crippen LogP contribution is 2.23. The van der Waals surface area contributed by atoms with Crippen molar-refractivity contribution in [2.75, 3.05) is 18.1 Å². The predicted octanol–water partition coefficient (Wildman–Crippen LogP) is 1.70. The summed E-state index contributed by atoms with van der Waals surface area (Å²) >= 11 is 0. The molecule has 1 saturated carbocycles. The van der Waals surface area contributed by atoms with Crippen LogP contribution in [0.25, 0.3) is 0 Å². The molecule has 124 valence electrons. The average Bonchev–Trinajstić information content (AvgIpc) is 3.19. The van der Waals surface area contributed by atoms with Crippen molar-refractivity contribution in [1.82, 2.24) is 10.2 Å². The molecule has 7 heteroatoms. The van der Waals surface area contributed by atoms with Gasteiger partial charge in [0.25, 0.3) is 0 Å². The first kappa shape index (κ1) is 16.0. The van der Waals surface area contributed by atoms with E-state index in [-0.39, 0.29) is 18.0 Å². The quantitative estimate of drug-likeness (QED) is 0.879. The molecule has 1 saturated heterocycles. The summed E-state index contributed by atoms with van der Waals surface area (Å²) in [6.07, 6.45) is 5.23. The van der Waals surface area contributed by atoms with Gasteiger partial charge in [0.15, 0.2) is 0 Å². The normalized spacial score (nSPS) is 21.8. The maximum atomic E-state index is 12.4. The molecule has 2 aliphatic rings. The molecular formula is C16H21N3O3S. The molecule has 0 unspecified atom stereocenters. The van der Waals surface area contributed by atoms with Gasteiger partial charge in [0.1, 0.15) is 6.04 Å². The number of hydrogen-bond donors (Lipinski definition) is 2. The first-order valence-electron chi connectivity index (χ1n) is 7.86. The standard InChI is InChI=1S/C16H21N3O3S/c1-23(22)13-8-6-12(7-9-13)18-16(21)19-10-2-3-14(19)15(20)17-11-4-5-11/h6-9,11,14H,2-5,10H2,1H3,(H,17,20)(H,18,21)/t14-,23+/m1/s1. The zero-order valence-corrected chi connectivity index (χ0v) is 13.9. The van der Waals surface area contributed by atoms with Gasteiger partial charge >= 0.3 is 6.03 Å². The van der Waals surface area contributed by atoms with Gasteiger partial charge in [0, 0.05) is 40.2 Å². The van der Waals surface area contributed by atoms with Crippen molar-refractivity contribution < 1.29 is 13.8 Å². The van der Waals surface area contributed by atoms with E-state index in [1.165, 1.54) is 0 Å². The second kappa shape index (κ2) is 6.70. The minimum Gasteiger partial charge on any atom is -0.352 e. The molecule has 1 heterocycles. The Labute approximate surface area is 138 Å². The summed E-state index contributed by atoms with van der Waals surface area (Å²) in [6.45, 7) is 0.589. The number of carbonyl (C=O) groups excluding carboxylic acids is 2. The van der Waals surface area contributed by atoms with E-state index in [2.05, 4.69) is 10.6 Å². The van der Waals surface area contributed by atoms with Crippen LogP contribution in [0.15, 0.2) is 29.2 Å². The number of urea groups is 1. The number of anilines is 1. The van der Waals surface area contributed by atoms with Crippen LogP contribution in [0.4, 0.5) is 10.5 Å². The summed E-state index contributed by atoms with van der Waals surface area (Å²) < 4.78 is 11.4. The van der Waals surface area contributed by atoms with Crippen LogP contribution in [-0.2, 0) is 15.6 Å². The lowest BCUT2D eigenvalue weighted by atomic mass is 10.2. The van der Waals surface area contributed by atoms with Crippen LogP contribution in [0.3, 0.4) is 0 Å². The van der Waals surface area contributed by atoms with E-state index in [9.17, 15) is 13.8 Å². The van der Waals surface area contributed by atoms with Crippen LogP contribution in [0.5, 0.6) is 0 Å². The van der Waals surface area contributed by atoms with E-state index >= 15 is 0 Å². The summed E-state index contributed by atoms with van der Waals surface area (Å²) in [4.78, 5) is 27.0. The second-order valence-electron chi connectivity index (χ2n) is 6.04. The molecule has 2 fully saturated rings. The molecular weight excluding hydrogens is 314 g/mol. The lowest BCUT2D eigenvalue weighted by molar-refractivity contribution is -0.124. The number of nitrogens with zero attached hydrogens (tertiary/aromatic N) is 1. The zero-order chi connectivity index (χ0) is 16.4. The maximum Gasteiger partial charge on any atom is 0.322 e. The number of nitrogens with one attached hydrogen (secondary N) is 2. The van der Waals surface area contributed by atoms with Gasteiger partial charge in [0.05, 0.1) is 0 Å². The Kier molecular flexibility index (Phi) is 4.66. The van der Waals surface area contributed by atoms with E-state index in [1.807, 2.05) is 0 Å². The summed E-state index contributed by atoms with van der Waals surface area (Å²) in [5.41, 5.74) is 0.637. The van der Waals surface area contributed by atoms with Crippen LogP contribution < -0.4 is 10.6 Å². The van der Waals surface area contributed by atoms with Crippen LogP contribution in [-0.4, -0.2) is 45.9 Å². The Morgan fingerprint density at radius 1 is 1.17 bits per heavy atom. The minimum absolute atomic E-state index is 0.0446. The SMILES string of the molecule is C[S@](=O)c1ccc(NC(=O)N2CCC[C@@H]2C(=O)NC2CC2)cc1. The third-order valence-electron chi connectivity index (χ3n) is 4.18.